The third-order valence-electron chi connectivity index (χ3n) is 5.84. The van der Waals surface area contributed by atoms with Crippen LogP contribution < -0.4 is 15.9 Å². The standard InChI is InChI=1S/C29H30NO6P/c1-19(2)27(31)35-16-17-36-29(33)30-26-21(4)18-20(3)25(22(26)5)28(32)37(34,23-12-8-6-9-13-23)24-14-10-7-11-15-24/h6-15,18H,1,16-17H2,2-5H3,(H,30,33). The fourth-order valence-electron chi connectivity index (χ4n) is 4.05. The Balaban J connectivity index is 1.94. The SMILES string of the molecule is C=C(C)C(=O)OCCOC(=O)Nc1c(C)cc(C)c(C(=O)P(=O)(c2ccccc2)c2ccccc2)c1C. The van der Waals surface area contributed by atoms with Crippen LogP contribution in [-0.2, 0) is 18.8 Å². The first-order valence-corrected chi connectivity index (χ1v) is 13.4. The third-order valence-corrected chi connectivity index (χ3v) is 8.68. The van der Waals surface area contributed by atoms with Crippen LogP contribution in [0.5, 0.6) is 0 Å². The van der Waals surface area contributed by atoms with E-state index in [4.69, 9.17) is 9.47 Å². The first-order valence-electron chi connectivity index (χ1n) is 11.7. The van der Waals surface area contributed by atoms with Crippen LogP contribution in [0.2, 0.25) is 0 Å². The molecule has 0 unspecified atom stereocenters. The van der Waals surface area contributed by atoms with Gasteiger partial charge >= 0.3 is 12.1 Å². The van der Waals surface area contributed by atoms with Gasteiger partial charge in [0.25, 0.3) is 0 Å². The number of hydrogen-bond acceptors (Lipinski definition) is 6. The molecule has 3 rings (SSSR count). The molecule has 3 aromatic carbocycles. The predicted molar refractivity (Wildman–Crippen MR) is 145 cm³/mol. The van der Waals surface area contributed by atoms with E-state index in [2.05, 4.69) is 11.9 Å². The lowest BCUT2D eigenvalue weighted by Crippen LogP contribution is -2.24. The van der Waals surface area contributed by atoms with Gasteiger partial charge < -0.3 is 14.0 Å². The number of hydrogen-bond donors (Lipinski definition) is 1. The van der Waals surface area contributed by atoms with Crippen molar-refractivity contribution in [2.75, 3.05) is 18.5 Å². The van der Waals surface area contributed by atoms with E-state index in [1.807, 2.05) is 0 Å². The molecule has 0 aromatic heterocycles. The van der Waals surface area contributed by atoms with Crippen LogP contribution in [0.1, 0.15) is 34.0 Å². The van der Waals surface area contributed by atoms with Crippen molar-refractivity contribution in [1.82, 2.24) is 0 Å². The minimum Gasteiger partial charge on any atom is -0.459 e. The van der Waals surface area contributed by atoms with E-state index in [0.717, 1.165) is 0 Å². The second kappa shape index (κ2) is 11.8. The Morgan fingerprint density at radius 3 is 1.86 bits per heavy atom. The molecule has 0 fully saturated rings. The van der Waals surface area contributed by atoms with Gasteiger partial charge in [-0.15, -0.1) is 0 Å². The second-order valence-corrected chi connectivity index (χ2v) is 11.3. The van der Waals surface area contributed by atoms with E-state index < -0.39 is 24.7 Å². The molecule has 0 radical (unpaired) electrons. The third kappa shape index (κ3) is 6.07. The molecule has 0 heterocycles. The summed E-state index contributed by atoms with van der Waals surface area (Å²) >= 11 is 0. The lowest BCUT2D eigenvalue weighted by Gasteiger charge is -2.22. The number of carbonyl (C=O) groups is 3. The van der Waals surface area contributed by atoms with Gasteiger partial charge in [-0.2, -0.15) is 0 Å². The van der Waals surface area contributed by atoms with Gasteiger partial charge in [-0.3, -0.25) is 10.1 Å². The van der Waals surface area contributed by atoms with Crippen molar-refractivity contribution in [3.05, 3.63) is 101 Å². The highest BCUT2D eigenvalue weighted by Gasteiger charge is 2.38. The van der Waals surface area contributed by atoms with E-state index in [-0.39, 0.29) is 24.4 Å². The second-order valence-electron chi connectivity index (χ2n) is 8.65. The Morgan fingerprint density at radius 1 is 0.838 bits per heavy atom. The summed E-state index contributed by atoms with van der Waals surface area (Å²) in [6.07, 6.45) is -0.769. The number of esters is 1. The number of nitrogens with one attached hydrogen (secondary N) is 1. The summed E-state index contributed by atoms with van der Waals surface area (Å²) in [5.74, 6) is -0.571. The van der Waals surface area contributed by atoms with E-state index in [1.54, 1.807) is 87.5 Å². The number of carbonyl (C=O) groups excluding carboxylic acids is 3. The first kappa shape index (κ1) is 27.6. The highest BCUT2D eigenvalue weighted by molar-refractivity contribution is 7.93. The Morgan fingerprint density at radius 2 is 1.35 bits per heavy atom. The summed E-state index contributed by atoms with van der Waals surface area (Å²) in [7, 11) is -3.74. The van der Waals surface area contributed by atoms with Gasteiger partial charge in [-0.05, 0) is 44.4 Å². The smallest absolute Gasteiger partial charge is 0.411 e. The normalized spacial score (nSPS) is 10.9. The van der Waals surface area contributed by atoms with Gasteiger partial charge in [0.05, 0.1) is 5.69 Å². The molecule has 0 aliphatic rings. The van der Waals surface area contributed by atoms with Gasteiger partial charge in [0, 0.05) is 21.7 Å². The summed E-state index contributed by atoms with van der Waals surface area (Å²) in [5, 5.41) is 3.55. The Kier molecular flexibility index (Phi) is 8.85. The highest BCUT2D eigenvalue weighted by atomic mass is 31.2. The van der Waals surface area contributed by atoms with Crippen LogP contribution in [0.3, 0.4) is 0 Å². The molecule has 1 amide bonds. The Bertz CT molecular complexity index is 1340. The van der Waals surface area contributed by atoms with Crippen molar-refractivity contribution < 1.29 is 28.4 Å². The van der Waals surface area contributed by atoms with Gasteiger partial charge in [0.15, 0.2) is 0 Å². The molecular formula is C29H30NO6P. The zero-order chi connectivity index (χ0) is 27.2. The summed E-state index contributed by atoms with van der Waals surface area (Å²) in [5.41, 5.74) is 2.26. The van der Waals surface area contributed by atoms with Crippen LogP contribution in [0.4, 0.5) is 10.5 Å². The van der Waals surface area contributed by atoms with Gasteiger partial charge in [-0.1, -0.05) is 73.3 Å². The average Bonchev–Trinajstić information content (AvgIpc) is 2.89. The quantitative estimate of drug-likeness (QED) is 0.175. The van der Waals surface area contributed by atoms with E-state index in [1.165, 1.54) is 6.92 Å². The van der Waals surface area contributed by atoms with Crippen LogP contribution in [0.25, 0.3) is 0 Å². The number of rotatable bonds is 9. The first-order chi connectivity index (χ1) is 17.6. The summed E-state index contributed by atoms with van der Waals surface area (Å²) in [6, 6.07) is 19.2. The van der Waals surface area contributed by atoms with E-state index in [9.17, 15) is 18.9 Å². The minimum absolute atomic E-state index is 0.119. The van der Waals surface area contributed by atoms with Crippen LogP contribution in [-0.4, -0.2) is 30.8 Å². The van der Waals surface area contributed by atoms with Crippen molar-refractivity contribution in [1.29, 1.82) is 0 Å². The van der Waals surface area contributed by atoms with Crippen LogP contribution in [0, 0.1) is 20.8 Å². The molecule has 1 N–H and O–H groups in total. The van der Waals surface area contributed by atoms with Crippen LogP contribution >= 0.6 is 7.14 Å². The van der Waals surface area contributed by atoms with Crippen molar-refractivity contribution in [2.24, 2.45) is 0 Å². The molecule has 0 saturated heterocycles. The summed E-state index contributed by atoms with van der Waals surface area (Å²) in [6.45, 7) is 10.0. The van der Waals surface area contributed by atoms with Gasteiger partial charge in [-0.25, -0.2) is 9.59 Å². The molecule has 0 bridgehead atoms. The molecule has 37 heavy (non-hydrogen) atoms. The molecule has 3 aromatic rings. The molecule has 7 nitrogen and oxygen atoms in total. The number of ether oxygens (including phenoxy) is 2. The fourth-order valence-corrected chi connectivity index (χ4v) is 6.66. The van der Waals surface area contributed by atoms with Crippen molar-refractivity contribution in [2.45, 2.75) is 27.7 Å². The zero-order valence-electron chi connectivity index (χ0n) is 21.4. The van der Waals surface area contributed by atoms with Crippen molar-refractivity contribution in [3.8, 4) is 0 Å². The van der Waals surface area contributed by atoms with Gasteiger partial charge in [0.2, 0.25) is 12.7 Å². The number of anilines is 1. The molecular weight excluding hydrogens is 489 g/mol. The van der Waals surface area contributed by atoms with Crippen molar-refractivity contribution in [3.63, 3.8) is 0 Å². The molecule has 0 saturated carbocycles. The van der Waals surface area contributed by atoms with E-state index >= 15 is 0 Å². The topological polar surface area (TPSA) is 98.8 Å². The van der Waals surface area contributed by atoms with Gasteiger partial charge in [0.1, 0.15) is 13.2 Å². The predicted octanol–water partition coefficient (Wildman–Crippen LogP) is 5.43. The van der Waals surface area contributed by atoms with E-state index in [0.29, 0.717) is 33.0 Å². The summed E-state index contributed by atoms with van der Waals surface area (Å²) < 4.78 is 24.7. The molecule has 8 heteroatoms. The van der Waals surface area contributed by atoms with Crippen LogP contribution in [0.15, 0.2) is 78.9 Å². The minimum atomic E-state index is -3.74. The Labute approximate surface area is 216 Å². The Hall–Kier alpha value is -3.96. The molecule has 0 atom stereocenters. The lowest BCUT2D eigenvalue weighted by molar-refractivity contribution is -0.139. The largest absolute Gasteiger partial charge is 0.459 e. The molecule has 0 aliphatic heterocycles. The molecule has 0 aliphatic carbocycles. The maximum atomic E-state index is 14.6. The summed E-state index contributed by atoms with van der Waals surface area (Å²) in [4.78, 5) is 38.1. The molecule has 192 valence electrons. The van der Waals surface area contributed by atoms with Crippen molar-refractivity contribution >= 4 is 41.0 Å². The monoisotopic (exact) mass is 519 g/mol. The lowest BCUT2D eigenvalue weighted by atomic mass is 9.98. The molecule has 0 spiro atoms. The number of amides is 1. The zero-order valence-corrected chi connectivity index (χ0v) is 22.3. The highest BCUT2D eigenvalue weighted by Crippen LogP contribution is 2.48. The number of aryl methyl sites for hydroxylation is 2. The number of benzene rings is 3. The maximum Gasteiger partial charge on any atom is 0.411 e. The maximum absolute atomic E-state index is 14.6. The fraction of sp³-hybridized carbons (Fsp3) is 0.207. The average molecular weight is 520 g/mol.